The van der Waals surface area contributed by atoms with Crippen molar-refractivity contribution in [2.45, 2.75) is 26.1 Å². The summed E-state index contributed by atoms with van der Waals surface area (Å²) in [5.41, 5.74) is 2.24. The maximum atomic E-state index is 5.80. The average Bonchev–Trinajstić information content (AvgIpc) is 2.15. The second kappa shape index (κ2) is 5.13. The highest BCUT2D eigenvalue weighted by Gasteiger charge is 2.04. The maximum Gasteiger partial charge on any atom is 0.126 e. The minimum atomic E-state index is 0.515. The van der Waals surface area contributed by atoms with Gasteiger partial charge in [0.05, 0.1) is 12.5 Å². The van der Waals surface area contributed by atoms with Gasteiger partial charge in [0, 0.05) is 5.56 Å². The zero-order valence-electron chi connectivity index (χ0n) is 8.14. The first-order chi connectivity index (χ1) is 6.29. The summed E-state index contributed by atoms with van der Waals surface area (Å²) >= 11 is 5.80. The van der Waals surface area contributed by atoms with Crippen LogP contribution in [0.25, 0.3) is 0 Å². The zero-order chi connectivity index (χ0) is 9.68. The molecule has 2 heteroatoms. The summed E-state index contributed by atoms with van der Waals surface area (Å²) < 4.78 is 5.62. The summed E-state index contributed by atoms with van der Waals surface area (Å²) in [6, 6.07) is 6.05. The van der Waals surface area contributed by atoms with Crippen molar-refractivity contribution in [2.24, 2.45) is 0 Å². The van der Waals surface area contributed by atoms with Gasteiger partial charge in [-0.05, 0) is 18.9 Å². The van der Waals surface area contributed by atoms with E-state index in [4.69, 9.17) is 16.3 Å². The molecule has 0 aliphatic rings. The molecule has 1 nitrogen and oxygen atoms in total. The largest absolute Gasteiger partial charge is 0.493 e. The Kier molecular flexibility index (Phi) is 4.10. The van der Waals surface area contributed by atoms with E-state index >= 15 is 0 Å². The molecule has 0 bridgehead atoms. The predicted molar refractivity (Wildman–Crippen MR) is 56.5 cm³/mol. The van der Waals surface area contributed by atoms with Crippen LogP contribution in [0.4, 0.5) is 0 Å². The minimum Gasteiger partial charge on any atom is -0.493 e. The Morgan fingerprint density at radius 1 is 1.38 bits per heavy atom. The monoisotopic (exact) mass is 198 g/mol. The first-order valence-corrected chi connectivity index (χ1v) is 5.10. The standard InChI is InChI=1S/C11H15ClO/c1-3-7-13-11-9(2)5-4-6-10(11)8-12/h4-6H,3,7-8H2,1-2H3. The summed E-state index contributed by atoms with van der Waals surface area (Å²) in [6.45, 7) is 4.90. The van der Waals surface area contributed by atoms with Crippen LogP contribution in [0, 0.1) is 6.92 Å². The third-order valence-corrected chi connectivity index (χ3v) is 2.18. The van der Waals surface area contributed by atoms with Crippen molar-refractivity contribution in [2.75, 3.05) is 6.61 Å². The van der Waals surface area contributed by atoms with Gasteiger partial charge in [0.15, 0.2) is 0 Å². The van der Waals surface area contributed by atoms with Gasteiger partial charge in [0.1, 0.15) is 5.75 Å². The summed E-state index contributed by atoms with van der Waals surface area (Å²) in [7, 11) is 0. The Balaban J connectivity index is 2.87. The molecule has 0 aliphatic heterocycles. The third-order valence-electron chi connectivity index (χ3n) is 1.89. The Hall–Kier alpha value is -0.690. The molecule has 1 aromatic carbocycles. The van der Waals surface area contributed by atoms with Crippen LogP contribution in [0.3, 0.4) is 0 Å². The predicted octanol–water partition coefficient (Wildman–Crippen LogP) is 3.52. The topological polar surface area (TPSA) is 9.23 Å². The molecule has 0 saturated carbocycles. The zero-order valence-corrected chi connectivity index (χ0v) is 8.90. The van der Waals surface area contributed by atoms with Crippen LogP contribution in [0.15, 0.2) is 18.2 Å². The van der Waals surface area contributed by atoms with Crippen molar-refractivity contribution in [3.05, 3.63) is 29.3 Å². The molecule has 0 heterocycles. The number of alkyl halides is 1. The minimum absolute atomic E-state index is 0.515. The Bertz CT molecular complexity index is 271. The van der Waals surface area contributed by atoms with Crippen molar-refractivity contribution in [1.82, 2.24) is 0 Å². The molecule has 1 aromatic rings. The molecule has 0 aromatic heterocycles. The highest BCUT2D eigenvalue weighted by atomic mass is 35.5. The molecule has 0 saturated heterocycles. The number of ether oxygens (including phenoxy) is 1. The molecule has 0 atom stereocenters. The van der Waals surface area contributed by atoms with Crippen LogP contribution in [0.5, 0.6) is 5.75 Å². The van der Waals surface area contributed by atoms with Crippen molar-refractivity contribution in [3.8, 4) is 5.75 Å². The van der Waals surface area contributed by atoms with E-state index in [1.54, 1.807) is 0 Å². The average molecular weight is 199 g/mol. The van der Waals surface area contributed by atoms with Gasteiger partial charge in [0.2, 0.25) is 0 Å². The quantitative estimate of drug-likeness (QED) is 0.673. The van der Waals surface area contributed by atoms with Gasteiger partial charge < -0.3 is 4.74 Å². The van der Waals surface area contributed by atoms with Crippen molar-refractivity contribution >= 4 is 11.6 Å². The molecule has 0 unspecified atom stereocenters. The molecule has 13 heavy (non-hydrogen) atoms. The lowest BCUT2D eigenvalue weighted by atomic mass is 10.1. The number of halogens is 1. The number of hydrogen-bond acceptors (Lipinski definition) is 1. The van der Waals surface area contributed by atoms with E-state index in [0.717, 1.165) is 29.9 Å². The maximum absolute atomic E-state index is 5.80. The van der Waals surface area contributed by atoms with Gasteiger partial charge in [-0.15, -0.1) is 11.6 Å². The molecule has 0 amide bonds. The van der Waals surface area contributed by atoms with E-state index in [1.807, 2.05) is 25.1 Å². The lowest BCUT2D eigenvalue weighted by Gasteiger charge is -2.11. The van der Waals surface area contributed by atoms with Gasteiger partial charge in [-0.25, -0.2) is 0 Å². The van der Waals surface area contributed by atoms with E-state index in [0.29, 0.717) is 5.88 Å². The lowest BCUT2D eigenvalue weighted by Crippen LogP contribution is -1.99. The fourth-order valence-electron chi connectivity index (χ4n) is 1.23. The summed E-state index contributed by atoms with van der Waals surface area (Å²) in [4.78, 5) is 0. The van der Waals surface area contributed by atoms with Crippen molar-refractivity contribution < 1.29 is 4.74 Å². The Morgan fingerprint density at radius 3 is 2.77 bits per heavy atom. The van der Waals surface area contributed by atoms with E-state index in [2.05, 4.69) is 6.92 Å². The molecular weight excluding hydrogens is 184 g/mol. The van der Waals surface area contributed by atoms with E-state index in [-0.39, 0.29) is 0 Å². The number of rotatable bonds is 4. The van der Waals surface area contributed by atoms with Crippen LogP contribution in [-0.2, 0) is 5.88 Å². The summed E-state index contributed by atoms with van der Waals surface area (Å²) in [5.74, 6) is 1.47. The van der Waals surface area contributed by atoms with Crippen LogP contribution in [0.1, 0.15) is 24.5 Å². The molecule has 1 rings (SSSR count). The summed E-state index contributed by atoms with van der Waals surface area (Å²) in [6.07, 6.45) is 1.02. The number of para-hydroxylation sites is 1. The first kappa shape index (κ1) is 10.4. The van der Waals surface area contributed by atoms with Gasteiger partial charge in [-0.1, -0.05) is 25.1 Å². The third kappa shape index (κ3) is 2.63. The van der Waals surface area contributed by atoms with Crippen LogP contribution < -0.4 is 4.74 Å². The Morgan fingerprint density at radius 2 is 2.15 bits per heavy atom. The van der Waals surface area contributed by atoms with Crippen molar-refractivity contribution in [1.29, 1.82) is 0 Å². The fraction of sp³-hybridized carbons (Fsp3) is 0.455. The molecule has 0 N–H and O–H groups in total. The fourth-order valence-corrected chi connectivity index (χ4v) is 1.44. The SMILES string of the molecule is CCCOc1c(C)cccc1CCl. The highest BCUT2D eigenvalue weighted by molar-refractivity contribution is 6.17. The van der Waals surface area contributed by atoms with Crippen LogP contribution in [-0.4, -0.2) is 6.61 Å². The normalized spacial score (nSPS) is 10.1. The number of hydrogen-bond donors (Lipinski definition) is 0. The second-order valence-corrected chi connectivity index (χ2v) is 3.31. The summed E-state index contributed by atoms with van der Waals surface area (Å²) in [5, 5.41) is 0. The molecule has 0 radical (unpaired) electrons. The van der Waals surface area contributed by atoms with Gasteiger partial charge in [-0.2, -0.15) is 0 Å². The van der Waals surface area contributed by atoms with E-state index < -0.39 is 0 Å². The van der Waals surface area contributed by atoms with E-state index in [1.165, 1.54) is 0 Å². The lowest BCUT2D eigenvalue weighted by molar-refractivity contribution is 0.313. The first-order valence-electron chi connectivity index (χ1n) is 4.56. The number of aryl methyl sites for hydroxylation is 1. The molecule has 0 spiro atoms. The smallest absolute Gasteiger partial charge is 0.126 e. The van der Waals surface area contributed by atoms with Gasteiger partial charge in [0.25, 0.3) is 0 Å². The van der Waals surface area contributed by atoms with Gasteiger partial charge in [-0.3, -0.25) is 0 Å². The number of benzene rings is 1. The Labute approximate surface area is 84.7 Å². The van der Waals surface area contributed by atoms with Crippen LogP contribution >= 0.6 is 11.6 Å². The highest BCUT2D eigenvalue weighted by Crippen LogP contribution is 2.24. The van der Waals surface area contributed by atoms with Crippen LogP contribution in [0.2, 0.25) is 0 Å². The molecular formula is C11H15ClO. The molecule has 0 fully saturated rings. The van der Waals surface area contributed by atoms with Crippen molar-refractivity contribution in [3.63, 3.8) is 0 Å². The van der Waals surface area contributed by atoms with E-state index in [9.17, 15) is 0 Å². The molecule has 0 aliphatic carbocycles. The molecule has 72 valence electrons. The van der Waals surface area contributed by atoms with Gasteiger partial charge >= 0.3 is 0 Å². The second-order valence-electron chi connectivity index (χ2n) is 3.05.